The lowest BCUT2D eigenvalue weighted by atomic mass is 9.95. The molecule has 0 aromatic heterocycles. The predicted octanol–water partition coefficient (Wildman–Crippen LogP) is 3.94. The fourth-order valence-corrected chi connectivity index (χ4v) is 7.80. The summed E-state index contributed by atoms with van der Waals surface area (Å²) in [5, 5.41) is 3.56. The summed E-state index contributed by atoms with van der Waals surface area (Å²) in [5.74, 6) is -0.372. The normalized spacial score (nSPS) is 19.2. The quantitative estimate of drug-likeness (QED) is 0.429. The molecular formula is C30H41ClN4O4S. The molecule has 0 spiro atoms. The number of carbonyl (C=O) groups excluding carboxylic acids is 2. The Labute approximate surface area is 243 Å². The lowest BCUT2D eigenvalue weighted by molar-refractivity contribution is -0.135. The number of amides is 2. The van der Waals surface area contributed by atoms with E-state index >= 15 is 0 Å². The molecule has 0 bridgehead atoms. The van der Waals surface area contributed by atoms with Gasteiger partial charge in [0.25, 0.3) is 0 Å². The van der Waals surface area contributed by atoms with Gasteiger partial charge >= 0.3 is 0 Å². The molecule has 0 radical (unpaired) electrons. The maximum atomic E-state index is 13.9. The summed E-state index contributed by atoms with van der Waals surface area (Å²) in [6.07, 6.45) is 5.97. The van der Waals surface area contributed by atoms with Gasteiger partial charge in [0.1, 0.15) is 6.04 Å². The minimum atomic E-state index is -3.73. The van der Waals surface area contributed by atoms with E-state index in [1.807, 2.05) is 37.2 Å². The zero-order valence-electron chi connectivity index (χ0n) is 23.5. The molecule has 1 heterocycles. The molecule has 40 heavy (non-hydrogen) atoms. The van der Waals surface area contributed by atoms with Gasteiger partial charge in [0.2, 0.25) is 21.8 Å². The van der Waals surface area contributed by atoms with Gasteiger partial charge in [0.05, 0.1) is 4.90 Å². The molecule has 1 saturated carbocycles. The van der Waals surface area contributed by atoms with E-state index in [-0.39, 0.29) is 30.3 Å². The topological polar surface area (TPSA) is 90.0 Å². The number of hydrogen-bond donors (Lipinski definition) is 1. The lowest BCUT2D eigenvalue weighted by Gasteiger charge is -2.37. The van der Waals surface area contributed by atoms with Crippen molar-refractivity contribution in [1.82, 2.24) is 19.4 Å². The van der Waals surface area contributed by atoms with E-state index < -0.39 is 16.1 Å². The highest BCUT2D eigenvalue weighted by molar-refractivity contribution is 7.89. The molecule has 2 atom stereocenters. The van der Waals surface area contributed by atoms with Gasteiger partial charge in [-0.3, -0.25) is 9.59 Å². The first-order valence-corrected chi connectivity index (χ1v) is 16.0. The van der Waals surface area contributed by atoms with Crippen molar-refractivity contribution in [2.75, 3.05) is 33.7 Å². The van der Waals surface area contributed by atoms with Crippen molar-refractivity contribution in [2.24, 2.45) is 0 Å². The molecule has 8 nitrogen and oxygen atoms in total. The number of sulfonamides is 1. The minimum Gasteiger partial charge on any atom is -0.344 e. The number of likely N-dealkylation sites (tertiary alicyclic amines) is 1. The van der Waals surface area contributed by atoms with Crippen molar-refractivity contribution >= 4 is 33.4 Å². The molecule has 1 saturated heterocycles. The van der Waals surface area contributed by atoms with Crippen LogP contribution >= 0.6 is 11.6 Å². The zero-order chi connectivity index (χ0) is 28.7. The first-order chi connectivity index (χ1) is 19.1. The van der Waals surface area contributed by atoms with E-state index in [0.29, 0.717) is 42.4 Å². The molecular weight excluding hydrogens is 548 g/mol. The number of benzene rings is 2. The van der Waals surface area contributed by atoms with Gasteiger partial charge in [0, 0.05) is 49.6 Å². The van der Waals surface area contributed by atoms with Crippen LogP contribution < -0.4 is 5.32 Å². The van der Waals surface area contributed by atoms with Crippen LogP contribution in [0.3, 0.4) is 0 Å². The standard InChI is InChI=1S/C30H41ClN4O4S/c1-33(2)19-18-29(36)32-28(21-23-13-15-24(31)16-14-23)30(37)34-20-17-26(22-34)35(25-9-5-3-6-10-25)40(38,39)27-11-7-4-8-12-27/h4,7-8,11-16,25-26,28H,3,5-6,9-10,17-22H2,1-2H3,(H,32,36)/t26-,28+/m0/s1. The van der Waals surface area contributed by atoms with Crippen molar-refractivity contribution in [3.05, 3.63) is 65.2 Å². The van der Waals surface area contributed by atoms with Gasteiger partial charge in [-0.15, -0.1) is 0 Å². The van der Waals surface area contributed by atoms with Crippen LogP contribution in [-0.4, -0.2) is 86.2 Å². The highest BCUT2D eigenvalue weighted by Crippen LogP contribution is 2.33. The van der Waals surface area contributed by atoms with E-state index in [1.165, 1.54) is 0 Å². The Balaban J connectivity index is 1.54. The highest BCUT2D eigenvalue weighted by Gasteiger charge is 2.42. The van der Waals surface area contributed by atoms with E-state index in [0.717, 1.165) is 37.7 Å². The second kappa shape index (κ2) is 13.9. The van der Waals surface area contributed by atoms with Crippen molar-refractivity contribution in [1.29, 1.82) is 0 Å². The molecule has 2 aromatic rings. The predicted molar refractivity (Wildman–Crippen MR) is 158 cm³/mol. The van der Waals surface area contributed by atoms with Crippen LogP contribution in [0, 0.1) is 0 Å². The van der Waals surface area contributed by atoms with E-state index in [2.05, 4.69) is 5.32 Å². The van der Waals surface area contributed by atoms with Gasteiger partial charge in [-0.25, -0.2) is 8.42 Å². The largest absolute Gasteiger partial charge is 0.344 e. The second-order valence-corrected chi connectivity index (χ2v) is 13.5. The number of rotatable bonds is 11. The van der Waals surface area contributed by atoms with Crippen molar-refractivity contribution in [3.63, 3.8) is 0 Å². The van der Waals surface area contributed by atoms with Crippen molar-refractivity contribution in [3.8, 4) is 0 Å². The van der Waals surface area contributed by atoms with Crippen molar-refractivity contribution < 1.29 is 18.0 Å². The summed E-state index contributed by atoms with van der Waals surface area (Å²) < 4.78 is 29.5. The first kappa shape index (κ1) is 30.5. The second-order valence-electron chi connectivity index (χ2n) is 11.2. The Morgan fingerprint density at radius 3 is 2.30 bits per heavy atom. The molecule has 218 valence electrons. The minimum absolute atomic E-state index is 0.0744. The van der Waals surface area contributed by atoms with Crippen LogP contribution in [0.25, 0.3) is 0 Å². The third-order valence-corrected chi connectivity index (χ3v) is 10.1. The van der Waals surface area contributed by atoms with Gasteiger partial charge in [-0.2, -0.15) is 4.31 Å². The lowest BCUT2D eigenvalue weighted by Crippen LogP contribution is -2.52. The molecule has 2 fully saturated rings. The summed E-state index contributed by atoms with van der Waals surface area (Å²) in [6, 6.07) is 14.7. The van der Waals surface area contributed by atoms with Gasteiger partial charge in [-0.05, 0) is 63.2 Å². The number of halogens is 1. The van der Waals surface area contributed by atoms with Gasteiger partial charge in [0.15, 0.2) is 0 Å². The zero-order valence-corrected chi connectivity index (χ0v) is 25.0. The van der Waals surface area contributed by atoms with Crippen LogP contribution in [0.15, 0.2) is 59.5 Å². The molecule has 2 amide bonds. The Morgan fingerprint density at radius 2 is 1.65 bits per heavy atom. The SMILES string of the molecule is CN(C)CCC(=O)N[C@H](Cc1ccc(Cl)cc1)C(=O)N1CC[C@H](N(C2CCCCC2)S(=O)(=O)c2ccccc2)C1. The maximum Gasteiger partial charge on any atom is 0.245 e. The third kappa shape index (κ3) is 7.84. The summed E-state index contributed by atoms with van der Waals surface area (Å²) in [6.45, 7) is 1.33. The average molecular weight is 589 g/mol. The van der Waals surface area contributed by atoms with Crippen LogP contribution in [0.5, 0.6) is 0 Å². The molecule has 2 aliphatic rings. The van der Waals surface area contributed by atoms with Crippen LogP contribution in [-0.2, 0) is 26.0 Å². The Kier molecular flexibility index (Phi) is 10.6. The fraction of sp³-hybridized carbons (Fsp3) is 0.533. The monoisotopic (exact) mass is 588 g/mol. The molecule has 1 aliphatic carbocycles. The van der Waals surface area contributed by atoms with Crippen molar-refractivity contribution in [2.45, 2.75) is 74.4 Å². The maximum absolute atomic E-state index is 13.9. The number of carbonyl (C=O) groups is 2. The van der Waals surface area contributed by atoms with Crippen LogP contribution in [0.1, 0.15) is 50.5 Å². The number of hydrogen-bond acceptors (Lipinski definition) is 5. The molecule has 10 heteroatoms. The molecule has 0 unspecified atom stereocenters. The molecule has 1 N–H and O–H groups in total. The summed E-state index contributed by atoms with van der Waals surface area (Å²) in [5.41, 5.74) is 0.891. The number of nitrogens with one attached hydrogen (secondary N) is 1. The summed E-state index contributed by atoms with van der Waals surface area (Å²) in [4.78, 5) is 30.6. The highest BCUT2D eigenvalue weighted by atomic mass is 35.5. The summed E-state index contributed by atoms with van der Waals surface area (Å²) in [7, 11) is 0.0646. The Morgan fingerprint density at radius 1 is 0.975 bits per heavy atom. The molecule has 1 aliphatic heterocycles. The van der Waals surface area contributed by atoms with E-state index in [9.17, 15) is 18.0 Å². The summed E-state index contributed by atoms with van der Waals surface area (Å²) >= 11 is 6.06. The first-order valence-electron chi connectivity index (χ1n) is 14.2. The van der Waals surface area contributed by atoms with E-state index in [4.69, 9.17) is 11.6 Å². The van der Waals surface area contributed by atoms with Crippen LogP contribution in [0.2, 0.25) is 5.02 Å². The fourth-order valence-electron chi connectivity index (χ4n) is 5.76. The van der Waals surface area contributed by atoms with Gasteiger partial charge < -0.3 is 15.1 Å². The molecule has 4 rings (SSSR count). The van der Waals surface area contributed by atoms with Gasteiger partial charge in [-0.1, -0.05) is 61.2 Å². The third-order valence-electron chi connectivity index (χ3n) is 7.86. The Hall–Kier alpha value is -2.46. The molecule has 2 aromatic carbocycles. The Bertz CT molecular complexity index is 1230. The van der Waals surface area contributed by atoms with E-state index in [1.54, 1.807) is 45.6 Å². The smallest absolute Gasteiger partial charge is 0.245 e. The average Bonchev–Trinajstić information content (AvgIpc) is 3.43. The number of nitrogens with zero attached hydrogens (tertiary/aromatic N) is 3. The van der Waals surface area contributed by atoms with Crippen LogP contribution in [0.4, 0.5) is 0 Å².